The second-order valence-corrected chi connectivity index (χ2v) is 7.29. The van der Waals surface area contributed by atoms with E-state index >= 15 is 0 Å². The Morgan fingerprint density at radius 1 is 1.29 bits per heavy atom. The molecule has 1 heterocycles. The van der Waals surface area contributed by atoms with Crippen LogP contribution >= 0.6 is 0 Å². The molecule has 122 valence electrons. The average Bonchev–Trinajstić information content (AvgIpc) is 3.29. The van der Waals surface area contributed by atoms with Gasteiger partial charge in [-0.05, 0) is 64.0 Å². The van der Waals surface area contributed by atoms with Gasteiger partial charge in [0, 0.05) is 19.1 Å². The Kier molecular flexibility index (Phi) is 6.49. The zero-order chi connectivity index (χ0) is 15.2. The van der Waals surface area contributed by atoms with Gasteiger partial charge in [0.05, 0.1) is 6.04 Å². The summed E-state index contributed by atoms with van der Waals surface area (Å²) in [4.78, 5) is 14.8. The van der Waals surface area contributed by atoms with E-state index in [4.69, 9.17) is 0 Å². The van der Waals surface area contributed by atoms with Crippen molar-refractivity contribution < 1.29 is 4.79 Å². The van der Waals surface area contributed by atoms with Gasteiger partial charge in [-0.15, -0.1) is 0 Å². The molecule has 0 aromatic rings. The molecule has 1 aliphatic heterocycles. The van der Waals surface area contributed by atoms with Gasteiger partial charge in [-0.1, -0.05) is 13.8 Å². The van der Waals surface area contributed by atoms with Crippen LogP contribution in [0.5, 0.6) is 0 Å². The van der Waals surface area contributed by atoms with Crippen molar-refractivity contribution in [3.8, 4) is 0 Å². The van der Waals surface area contributed by atoms with E-state index in [0.29, 0.717) is 17.9 Å². The molecule has 0 aromatic carbocycles. The molecule has 4 nitrogen and oxygen atoms in total. The highest BCUT2D eigenvalue weighted by Gasteiger charge is 2.36. The van der Waals surface area contributed by atoms with Crippen LogP contribution in [0, 0.1) is 11.8 Å². The van der Waals surface area contributed by atoms with E-state index < -0.39 is 0 Å². The lowest BCUT2D eigenvalue weighted by molar-refractivity contribution is -0.126. The minimum Gasteiger partial charge on any atom is -0.355 e. The van der Waals surface area contributed by atoms with Crippen LogP contribution in [0.4, 0.5) is 0 Å². The van der Waals surface area contributed by atoms with Gasteiger partial charge >= 0.3 is 0 Å². The Morgan fingerprint density at radius 2 is 2.05 bits per heavy atom. The second-order valence-electron chi connectivity index (χ2n) is 7.29. The van der Waals surface area contributed by atoms with Gasteiger partial charge in [-0.2, -0.15) is 0 Å². The maximum Gasteiger partial charge on any atom is 0.237 e. The molecular formula is C17H33N3O. The molecule has 0 aromatic heterocycles. The van der Waals surface area contributed by atoms with Crippen LogP contribution in [0.25, 0.3) is 0 Å². The van der Waals surface area contributed by atoms with E-state index in [0.717, 1.165) is 32.6 Å². The Morgan fingerprint density at radius 3 is 2.62 bits per heavy atom. The summed E-state index contributed by atoms with van der Waals surface area (Å²) in [5, 5.41) is 6.61. The van der Waals surface area contributed by atoms with Crippen LogP contribution in [0.1, 0.15) is 52.9 Å². The Balaban J connectivity index is 1.80. The third kappa shape index (κ3) is 5.59. The van der Waals surface area contributed by atoms with Crippen molar-refractivity contribution in [3.63, 3.8) is 0 Å². The number of hydrogen-bond donors (Lipinski definition) is 2. The van der Waals surface area contributed by atoms with Crippen LogP contribution in [0.15, 0.2) is 0 Å². The SMILES string of the molecule is CC(C)CCNC(=O)C(C)N(CC1CCCNC1)C1CC1. The number of rotatable bonds is 8. The number of nitrogens with one attached hydrogen (secondary N) is 2. The standard InChI is InChI=1S/C17H33N3O/c1-13(2)8-10-19-17(21)14(3)20(16-6-7-16)12-15-5-4-9-18-11-15/h13-16,18H,4-12H2,1-3H3,(H,19,21). The first-order chi connectivity index (χ1) is 10.1. The number of carbonyl (C=O) groups excluding carboxylic acids is 1. The molecule has 2 N–H and O–H groups in total. The molecular weight excluding hydrogens is 262 g/mol. The number of piperidine rings is 1. The van der Waals surface area contributed by atoms with Crippen LogP contribution < -0.4 is 10.6 Å². The highest BCUT2D eigenvalue weighted by atomic mass is 16.2. The average molecular weight is 295 g/mol. The van der Waals surface area contributed by atoms with Crippen molar-refractivity contribution in [3.05, 3.63) is 0 Å². The number of hydrogen-bond acceptors (Lipinski definition) is 3. The maximum absolute atomic E-state index is 12.4. The zero-order valence-corrected chi connectivity index (χ0v) is 14.0. The summed E-state index contributed by atoms with van der Waals surface area (Å²) in [7, 11) is 0. The largest absolute Gasteiger partial charge is 0.355 e. The predicted molar refractivity (Wildman–Crippen MR) is 87.2 cm³/mol. The van der Waals surface area contributed by atoms with E-state index in [1.807, 2.05) is 0 Å². The third-order valence-electron chi connectivity index (χ3n) is 4.78. The molecule has 2 unspecified atom stereocenters. The van der Waals surface area contributed by atoms with Gasteiger partial charge in [0.2, 0.25) is 5.91 Å². The minimum absolute atomic E-state index is 0.0200. The van der Waals surface area contributed by atoms with Crippen LogP contribution in [-0.2, 0) is 4.79 Å². The van der Waals surface area contributed by atoms with Gasteiger partial charge in [0.15, 0.2) is 0 Å². The van der Waals surface area contributed by atoms with Crippen molar-refractivity contribution in [2.45, 2.75) is 65.0 Å². The molecule has 21 heavy (non-hydrogen) atoms. The molecule has 0 bridgehead atoms. The molecule has 1 saturated carbocycles. The summed E-state index contributed by atoms with van der Waals surface area (Å²) in [6.45, 7) is 10.6. The fourth-order valence-corrected chi connectivity index (χ4v) is 3.19. The van der Waals surface area contributed by atoms with Crippen LogP contribution in [0.2, 0.25) is 0 Å². The van der Waals surface area contributed by atoms with E-state index in [1.165, 1.54) is 25.7 Å². The summed E-state index contributed by atoms with van der Waals surface area (Å²) in [5.74, 6) is 1.57. The molecule has 1 amide bonds. The fourth-order valence-electron chi connectivity index (χ4n) is 3.19. The molecule has 2 fully saturated rings. The fraction of sp³-hybridized carbons (Fsp3) is 0.941. The van der Waals surface area contributed by atoms with E-state index in [-0.39, 0.29) is 11.9 Å². The first-order valence-electron chi connectivity index (χ1n) is 8.82. The summed E-state index contributed by atoms with van der Waals surface area (Å²) < 4.78 is 0. The lowest BCUT2D eigenvalue weighted by Gasteiger charge is -2.33. The topological polar surface area (TPSA) is 44.4 Å². The van der Waals surface area contributed by atoms with Gasteiger partial charge in [-0.3, -0.25) is 9.69 Å². The van der Waals surface area contributed by atoms with Gasteiger partial charge < -0.3 is 10.6 Å². The third-order valence-corrected chi connectivity index (χ3v) is 4.78. The minimum atomic E-state index is 0.0200. The van der Waals surface area contributed by atoms with E-state index in [2.05, 4.69) is 36.3 Å². The summed E-state index contributed by atoms with van der Waals surface area (Å²) >= 11 is 0. The van der Waals surface area contributed by atoms with E-state index in [1.54, 1.807) is 0 Å². The normalized spacial score (nSPS) is 24.3. The van der Waals surface area contributed by atoms with Crippen molar-refractivity contribution in [1.82, 2.24) is 15.5 Å². The monoisotopic (exact) mass is 295 g/mol. The lowest BCUT2D eigenvalue weighted by Crippen LogP contribution is -2.49. The quantitative estimate of drug-likeness (QED) is 0.720. The lowest BCUT2D eigenvalue weighted by atomic mass is 9.98. The smallest absolute Gasteiger partial charge is 0.237 e. The van der Waals surface area contributed by atoms with Gasteiger partial charge in [-0.25, -0.2) is 0 Å². The molecule has 0 spiro atoms. The molecule has 0 radical (unpaired) electrons. The molecule has 1 saturated heterocycles. The number of amides is 1. The Labute approximate surface area is 130 Å². The summed E-state index contributed by atoms with van der Waals surface area (Å²) in [6, 6.07) is 0.671. The summed E-state index contributed by atoms with van der Waals surface area (Å²) in [6.07, 6.45) is 6.18. The summed E-state index contributed by atoms with van der Waals surface area (Å²) in [5.41, 5.74) is 0. The van der Waals surface area contributed by atoms with Crippen molar-refractivity contribution in [2.75, 3.05) is 26.2 Å². The number of nitrogens with zero attached hydrogens (tertiary/aromatic N) is 1. The Hall–Kier alpha value is -0.610. The molecule has 2 aliphatic rings. The molecule has 2 rings (SSSR count). The highest BCUT2D eigenvalue weighted by Crippen LogP contribution is 2.30. The van der Waals surface area contributed by atoms with Gasteiger partial charge in [0.25, 0.3) is 0 Å². The van der Waals surface area contributed by atoms with Crippen LogP contribution in [0.3, 0.4) is 0 Å². The van der Waals surface area contributed by atoms with Crippen molar-refractivity contribution >= 4 is 5.91 Å². The molecule has 1 aliphatic carbocycles. The van der Waals surface area contributed by atoms with Crippen molar-refractivity contribution in [1.29, 1.82) is 0 Å². The highest BCUT2D eigenvalue weighted by molar-refractivity contribution is 5.81. The van der Waals surface area contributed by atoms with Crippen LogP contribution in [-0.4, -0.2) is 49.1 Å². The zero-order valence-electron chi connectivity index (χ0n) is 14.0. The second kappa shape index (κ2) is 8.14. The molecule has 2 atom stereocenters. The maximum atomic E-state index is 12.4. The number of carbonyl (C=O) groups is 1. The first-order valence-corrected chi connectivity index (χ1v) is 8.82. The molecule has 4 heteroatoms. The van der Waals surface area contributed by atoms with Crippen molar-refractivity contribution in [2.24, 2.45) is 11.8 Å². The predicted octanol–water partition coefficient (Wildman–Crippen LogP) is 2.00. The first kappa shape index (κ1) is 16.8. The van der Waals surface area contributed by atoms with Gasteiger partial charge in [0.1, 0.15) is 0 Å². The van der Waals surface area contributed by atoms with E-state index in [9.17, 15) is 4.79 Å². The Bertz CT molecular complexity index is 322.